The molecule has 1 aromatic rings. The molecule has 0 aliphatic heterocycles. The molecule has 27 heavy (non-hydrogen) atoms. The summed E-state index contributed by atoms with van der Waals surface area (Å²) >= 11 is 0. The molecule has 0 radical (unpaired) electrons. The number of carbonyl (C=O) groups is 1. The van der Waals surface area contributed by atoms with Crippen molar-refractivity contribution in [3.05, 3.63) is 34.4 Å². The monoisotopic (exact) mass is 406 g/mol. The number of benzene rings is 1. The number of alkyl halides is 2. The standard InChI is InChI=1S/C19H28F2O5S/c1-10(2)14-8-15(11(3)4)17(16(9-14)12(5)6)18(22)26-13(7)19(20,21)27(23,24)25/h8-13H,1-7H3,(H,23,24,25). The summed E-state index contributed by atoms with van der Waals surface area (Å²) in [6.45, 7) is 12.2. The zero-order valence-electron chi connectivity index (χ0n) is 16.7. The minimum atomic E-state index is -5.71. The zero-order chi connectivity index (χ0) is 21.3. The van der Waals surface area contributed by atoms with Gasteiger partial charge < -0.3 is 4.74 Å². The van der Waals surface area contributed by atoms with Crippen molar-refractivity contribution in [1.82, 2.24) is 0 Å². The van der Waals surface area contributed by atoms with Gasteiger partial charge in [0.2, 0.25) is 0 Å². The molecule has 0 bridgehead atoms. The number of esters is 1. The molecular weight excluding hydrogens is 378 g/mol. The zero-order valence-corrected chi connectivity index (χ0v) is 17.5. The molecule has 0 fully saturated rings. The lowest BCUT2D eigenvalue weighted by Gasteiger charge is -2.25. The van der Waals surface area contributed by atoms with Crippen LogP contribution in [0.2, 0.25) is 0 Å². The van der Waals surface area contributed by atoms with Crippen LogP contribution in [-0.4, -0.2) is 30.3 Å². The molecule has 0 heterocycles. The predicted molar refractivity (Wildman–Crippen MR) is 100 cm³/mol. The summed E-state index contributed by atoms with van der Waals surface area (Å²) in [4.78, 5) is 12.7. The average Bonchev–Trinajstić information content (AvgIpc) is 2.51. The van der Waals surface area contributed by atoms with Gasteiger partial charge in [-0.15, -0.1) is 0 Å². The van der Waals surface area contributed by atoms with Crippen LogP contribution in [0.5, 0.6) is 0 Å². The molecule has 1 atom stereocenters. The first-order valence-corrected chi connectivity index (χ1v) is 10.3. The fourth-order valence-corrected chi connectivity index (χ4v) is 3.16. The molecule has 0 aliphatic rings. The van der Waals surface area contributed by atoms with E-state index in [1.54, 1.807) is 0 Å². The Labute approximate surface area is 159 Å². The second kappa shape index (κ2) is 8.22. The van der Waals surface area contributed by atoms with Crippen LogP contribution in [0.15, 0.2) is 12.1 Å². The predicted octanol–water partition coefficient (Wildman–Crippen LogP) is 5.08. The van der Waals surface area contributed by atoms with Crippen molar-refractivity contribution in [2.24, 2.45) is 0 Å². The van der Waals surface area contributed by atoms with E-state index in [1.165, 1.54) is 0 Å². The highest BCUT2D eigenvalue weighted by atomic mass is 32.2. The van der Waals surface area contributed by atoms with E-state index < -0.39 is 27.4 Å². The Kier molecular flexibility index (Phi) is 7.16. The van der Waals surface area contributed by atoms with Gasteiger partial charge in [-0.3, -0.25) is 4.55 Å². The largest absolute Gasteiger partial charge is 0.451 e. The van der Waals surface area contributed by atoms with Crippen LogP contribution in [0, 0.1) is 0 Å². The molecule has 0 saturated carbocycles. The number of rotatable bonds is 7. The van der Waals surface area contributed by atoms with E-state index in [-0.39, 0.29) is 23.3 Å². The molecule has 8 heteroatoms. The van der Waals surface area contributed by atoms with Gasteiger partial charge in [-0.1, -0.05) is 53.7 Å². The van der Waals surface area contributed by atoms with E-state index in [0.717, 1.165) is 12.5 Å². The summed E-state index contributed by atoms with van der Waals surface area (Å²) in [5, 5.41) is -4.60. The van der Waals surface area contributed by atoms with Crippen molar-refractivity contribution in [3.63, 3.8) is 0 Å². The van der Waals surface area contributed by atoms with Gasteiger partial charge in [-0.25, -0.2) is 4.79 Å². The van der Waals surface area contributed by atoms with Gasteiger partial charge in [-0.05, 0) is 41.4 Å². The molecule has 1 aromatic carbocycles. The Morgan fingerprint density at radius 1 is 0.963 bits per heavy atom. The van der Waals surface area contributed by atoms with Crippen molar-refractivity contribution >= 4 is 16.1 Å². The molecule has 1 unspecified atom stereocenters. The number of carbonyl (C=O) groups excluding carboxylic acids is 1. The molecule has 0 spiro atoms. The van der Waals surface area contributed by atoms with E-state index in [1.807, 2.05) is 53.7 Å². The number of ether oxygens (including phenoxy) is 1. The first-order chi connectivity index (χ1) is 12.1. The highest BCUT2D eigenvalue weighted by Crippen LogP contribution is 2.34. The van der Waals surface area contributed by atoms with Crippen LogP contribution < -0.4 is 0 Å². The van der Waals surface area contributed by atoms with Crippen molar-refractivity contribution in [1.29, 1.82) is 0 Å². The van der Waals surface area contributed by atoms with Crippen LogP contribution in [0.4, 0.5) is 8.78 Å². The molecule has 0 amide bonds. The van der Waals surface area contributed by atoms with Crippen LogP contribution >= 0.6 is 0 Å². The summed E-state index contributed by atoms with van der Waals surface area (Å²) in [5.41, 5.74) is 2.48. The SMILES string of the molecule is CC(C)c1cc(C(C)C)c(C(=O)OC(C)C(F)(F)S(=O)(=O)O)c(C(C)C)c1. The molecule has 1 rings (SSSR count). The fourth-order valence-electron chi connectivity index (χ4n) is 2.69. The van der Waals surface area contributed by atoms with Crippen molar-refractivity contribution < 1.29 is 31.3 Å². The van der Waals surface area contributed by atoms with E-state index >= 15 is 0 Å². The summed E-state index contributed by atoms with van der Waals surface area (Å²) in [5.74, 6) is -0.997. The highest BCUT2D eigenvalue weighted by Gasteiger charge is 2.52. The molecule has 0 aromatic heterocycles. The maximum absolute atomic E-state index is 13.8. The van der Waals surface area contributed by atoms with Gasteiger partial charge in [-0.2, -0.15) is 17.2 Å². The Bertz CT molecular complexity index is 769. The van der Waals surface area contributed by atoms with Gasteiger partial charge >= 0.3 is 21.3 Å². The molecule has 0 aliphatic carbocycles. The quantitative estimate of drug-likeness (QED) is 0.504. The topological polar surface area (TPSA) is 80.7 Å². The van der Waals surface area contributed by atoms with Gasteiger partial charge in [0.25, 0.3) is 0 Å². The normalized spacial score (nSPS) is 14.1. The number of hydrogen-bond acceptors (Lipinski definition) is 4. The van der Waals surface area contributed by atoms with Crippen LogP contribution in [0.3, 0.4) is 0 Å². The van der Waals surface area contributed by atoms with E-state index in [2.05, 4.69) is 0 Å². The smallest absolute Gasteiger partial charge is 0.405 e. The molecule has 0 saturated heterocycles. The summed E-state index contributed by atoms with van der Waals surface area (Å²) < 4.78 is 62.8. The summed E-state index contributed by atoms with van der Waals surface area (Å²) in [6.07, 6.45) is -2.34. The van der Waals surface area contributed by atoms with Gasteiger partial charge in [0.15, 0.2) is 6.10 Å². The molecule has 1 N–H and O–H groups in total. The van der Waals surface area contributed by atoms with Crippen molar-refractivity contribution in [2.75, 3.05) is 0 Å². The maximum Gasteiger partial charge on any atom is 0.405 e. The van der Waals surface area contributed by atoms with E-state index in [4.69, 9.17) is 9.29 Å². The molecule has 5 nitrogen and oxygen atoms in total. The lowest BCUT2D eigenvalue weighted by atomic mass is 9.84. The second-order valence-corrected chi connectivity index (χ2v) is 9.12. The second-order valence-electron chi connectivity index (χ2n) is 7.62. The van der Waals surface area contributed by atoms with Gasteiger partial charge in [0.05, 0.1) is 5.56 Å². The van der Waals surface area contributed by atoms with Crippen LogP contribution in [0.1, 0.15) is 93.3 Å². The minimum Gasteiger partial charge on any atom is -0.451 e. The van der Waals surface area contributed by atoms with Crippen molar-refractivity contribution in [3.8, 4) is 0 Å². The first kappa shape index (κ1) is 23.5. The Morgan fingerprint density at radius 2 is 1.37 bits per heavy atom. The third-order valence-corrected chi connectivity index (χ3v) is 5.46. The average molecular weight is 406 g/mol. The summed E-state index contributed by atoms with van der Waals surface area (Å²) in [6, 6.07) is 3.70. The maximum atomic E-state index is 13.8. The van der Waals surface area contributed by atoms with Gasteiger partial charge in [0.1, 0.15) is 0 Å². The molecular formula is C19H28F2O5S. The number of hydrogen-bond donors (Lipinski definition) is 1. The Hall–Kier alpha value is -1.54. The Balaban J connectivity index is 3.49. The van der Waals surface area contributed by atoms with Gasteiger partial charge in [0, 0.05) is 0 Å². The number of halogens is 2. The van der Waals surface area contributed by atoms with Crippen LogP contribution in [-0.2, 0) is 14.9 Å². The van der Waals surface area contributed by atoms with E-state index in [0.29, 0.717) is 11.1 Å². The Morgan fingerprint density at radius 3 is 1.67 bits per heavy atom. The minimum absolute atomic E-state index is 0.0823. The lowest BCUT2D eigenvalue weighted by Crippen LogP contribution is -2.42. The highest BCUT2D eigenvalue weighted by molar-refractivity contribution is 7.86. The fraction of sp³-hybridized carbons (Fsp3) is 0.632. The van der Waals surface area contributed by atoms with E-state index in [9.17, 15) is 22.0 Å². The molecule has 154 valence electrons. The third-order valence-electron chi connectivity index (χ3n) is 4.44. The van der Waals surface area contributed by atoms with Crippen molar-refractivity contribution in [2.45, 2.75) is 77.6 Å². The lowest BCUT2D eigenvalue weighted by molar-refractivity contribution is -0.0551. The third kappa shape index (κ3) is 5.04. The summed E-state index contributed by atoms with van der Waals surface area (Å²) in [7, 11) is -5.71. The first-order valence-electron chi connectivity index (χ1n) is 8.84. The van der Waals surface area contributed by atoms with Crippen LogP contribution in [0.25, 0.3) is 0 Å².